The summed E-state index contributed by atoms with van der Waals surface area (Å²) in [4.78, 5) is 30.0. The first kappa shape index (κ1) is 18.7. The number of carbonyl (C=O) groups is 2. The fraction of sp³-hybridized carbons (Fsp3) is 0. The van der Waals surface area contributed by atoms with Crippen LogP contribution >= 0.6 is 11.6 Å². The highest BCUT2D eigenvalue weighted by Crippen LogP contribution is 2.17. The van der Waals surface area contributed by atoms with Gasteiger partial charge in [-0.15, -0.1) is 0 Å². The molecule has 2 aromatic carbocycles. The molecule has 4 aromatic rings. The summed E-state index contributed by atoms with van der Waals surface area (Å²) in [5.41, 5.74) is 4.55. The molecule has 4 nitrogen and oxygen atoms in total. The summed E-state index contributed by atoms with van der Waals surface area (Å²) >= 11 is 5.35. The molecule has 0 unspecified atom stereocenters. The van der Waals surface area contributed by atoms with Crippen LogP contribution in [0.3, 0.4) is 0 Å². The number of halogens is 1. The van der Waals surface area contributed by atoms with E-state index in [2.05, 4.69) is 9.97 Å². The topological polar surface area (TPSA) is 59.9 Å². The molecule has 0 N–H and O–H groups in total. The van der Waals surface area contributed by atoms with E-state index in [-0.39, 0.29) is 0 Å². The minimum atomic E-state index is -0.664. The van der Waals surface area contributed by atoms with E-state index in [1.165, 1.54) is 0 Å². The minimum Gasteiger partial charge on any atom is -0.298 e. The maximum Gasteiger partial charge on any atom is 0.252 e. The highest BCUT2D eigenvalue weighted by molar-refractivity contribution is 6.67. The molecule has 0 spiro atoms. The van der Waals surface area contributed by atoms with Gasteiger partial charge >= 0.3 is 0 Å². The van der Waals surface area contributed by atoms with E-state index >= 15 is 0 Å². The fourth-order valence-electron chi connectivity index (χ4n) is 2.55. The van der Waals surface area contributed by atoms with Gasteiger partial charge in [0.05, 0.1) is 11.4 Å². The van der Waals surface area contributed by atoms with Crippen LogP contribution < -0.4 is 0 Å². The number of nitrogens with zero attached hydrogens (tertiary/aromatic N) is 2. The number of pyridine rings is 2. The van der Waals surface area contributed by atoms with Gasteiger partial charge in [0.15, 0.2) is 0 Å². The van der Waals surface area contributed by atoms with Crippen LogP contribution in [0.5, 0.6) is 0 Å². The summed E-state index contributed by atoms with van der Waals surface area (Å²) in [5.74, 6) is 0. The van der Waals surface area contributed by atoms with E-state index in [4.69, 9.17) is 13.0 Å². The Morgan fingerprint density at radius 2 is 1.24 bits per heavy atom. The Balaban J connectivity index is 0.000000171. The summed E-state index contributed by atoms with van der Waals surface area (Å²) in [6.45, 7) is 0. The van der Waals surface area contributed by atoms with Crippen molar-refractivity contribution in [3.05, 3.63) is 108 Å². The Bertz CT molecular complexity index is 1020. The Kier molecular flexibility index (Phi) is 6.50. The first-order valence-electron chi connectivity index (χ1n) is 9.28. The number of rotatable bonds is 4. The van der Waals surface area contributed by atoms with E-state index in [0.29, 0.717) is 11.1 Å². The van der Waals surface area contributed by atoms with Gasteiger partial charge in [0, 0.05) is 34.6 Å². The Morgan fingerprint density at radius 1 is 0.759 bits per heavy atom. The molecule has 0 fully saturated rings. The Labute approximate surface area is 175 Å². The normalized spacial score (nSPS) is 10.3. The van der Waals surface area contributed by atoms with Gasteiger partial charge in [-0.2, -0.15) is 0 Å². The third-order valence-electron chi connectivity index (χ3n) is 4.04. The van der Waals surface area contributed by atoms with Gasteiger partial charge in [-0.25, -0.2) is 0 Å². The van der Waals surface area contributed by atoms with Gasteiger partial charge in [-0.3, -0.25) is 19.6 Å². The van der Waals surface area contributed by atoms with Crippen molar-refractivity contribution in [3.63, 3.8) is 0 Å². The zero-order chi connectivity index (χ0) is 21.3. The van der Waals surface area contributed by atoms with Crippen molar-refractivity contribution in [1.82, 2.24) is 9.97 Å². The van der Waals surface area contributed by atoms with Crippen LogP contribution in [0.15, 0.2) is 97.3 Å². The second-order valence-corrected chi connectivity index (χ2v) is 6.30. The second-order valence-electron chi connectivity index (χ2n) is 5.96. The molecule has 0 aliphatic heterocycles. The van der Waals surface area contributed by atoms with Gasteiger partial charge in [0.25, 0.3) is 5.24 Å². The van der Waals surface area contributed by atoms with E-state index in [1.54, 1.807) is 48.8 Å². The number of benzene rings is 2. The second kappa shape index (κ2) is 10.1. The maximum absolute atomic E-state index is 10.8. The van der Waals surface area contributed by atoms with Gasteiger partial charge in [0.1, 0.15) is 7.63 Å². The lowest BCUT2D eigenvalue weighted by atomic mass is 10.1. The molecule has 0 amide bonds. The molecule has 0 atom stereocenters. The van der Waals surface area contributed by atoms with Crippen molar-refractivity contribution in [2.24, 2.45) is 0 Å². The third-order valence-corrected chi connectivity index (χ3v) is 4.25. The standard InChI is InChI=1S/C12H8ClNO.C12H9NO/c13-12(15)10-6-4-9(5-7-10)11-3-1-2-8-14-11;14-9-10-4-6-11(7-5-10)12-3-1-2-8-13-12/h1-8H;1-9H/i;9D. The lowest BCUT2D eigenvalue weighted by Gasteiger charge is -2.00. The zero-order valence-corrected chi connectivity index (χ0v) is 16.1. The molecule has 4 rings (SSSR count). The van der Waals surface area contributed by atoms with Gasteiger partial charge < -0.3 is 0 Å². The molecule has 142 valence electrons. The number of hydrogen-bond donors (Lipinski definition) is 0. The first-order chi connectivity index (χ1) is 14.5. The summed E-state index contributed by atoms with van der Waals surface area (Å²) in [7, 11) is 0. The SMILES string of the molecule is O=C(Cl)c1ccc(-c2ccccn2)cc1.[2H]C(=O)c1ccc(-c2ccccn2)cc1. The minimum absolute atomic E-state index is 0.398. The predicted octanol–water partition coefficient (Wildman–Crippen LogP) is 5.69. The number of hydrogen-bond acceptors (Lipinski definition) is 4. The molecular weight excluding hydrogens is 384 g/mol. The zero-order valence-electron chi connectivity index (χ0n) is 16.3. The van der Waals surface area contributed by atoms with Gasteiger partial charge in [-0.1, -0.05) is 48.5 Å². The van der Waals surface area contributed by atoms with Gasteiger partial charge in [0.2, 0.25) is 0 Å². The molecule has 0 bridgehead atoms. The maximum atomic E-state index is 10.8. The average Bonchev–Trinajstić information content (AvgIpc) is 2.81. The first-order valence-corrected chi connectivity index (χ1v) is 9.16. The Morgan fingerprint density at radius 3 is 1.62 bits per heavy atom. The van der Waals surface area contributed by atoms with Crippen LogP contribution in [0.4, 0.5) is 0 Å². The third kappa shape index (κ3) is 5.67. The number of aldehydes is 1. The molecule has 29 heavy (non-hydrogen) atoms. The van der Waals surface area contributed by atoms with Crippen LogP contribution in [0.2, 0.25) is 0 Å². The fourth-order valence-corrected chi connectivity index (χ4v) is 2.67. The van der Waals surface area contributed by atoms with Crippen LogP contribution in [0.1, 0.15) is 22.1 Å². The van der Waals surface area contributed by atoms with Gasteiger partial charge in [-0.05, 0) is 48.0 Å². The molecule has 0 saturated carbocycles. The molecule has 0 aliphatic carbocycles. The van der Waals surface area contributed by atoms with Crippen molar-refractivity contribution in [3.8, 4) is 22.5 Å². The molecule has 0 aliphatic rings. The highest BCUT2D eigenvalue weighted by atomic mass is 35.5. The van der Waals surface area contributed by atoms with E-state index in [9.17, 15) is 9.59 Å². The Hall–Kier alpha value is -3.63. The smallest absolute Gasteiger partial charge is 0.252 e. The summed E-state index contributed by atoms with van der Waals surface area (Å²) < 4.78 is 6.94. The molecular formula is C24H17ClN2O2. The van der Waals surface area contributed by atoms with Crippen molar-refractivity contribution >= 4 is 23.1 Å². The van der Waals surface area contributed by atoms with Crippen molar-refractivity contribution in [2.45, 2.75) is 0 Å². The monoisotopic (exact) mass is 401 g/mol. The lowest BCUT2D eigenvalue weighted by molar-refractivity contribution is 0.108. The number of carbonyl (C=O) groups excluding carboxylic acids is 2. The van der Waals surface area contributed by atoms with Crippen LogP contribution in [-0.4, -0.2) is 21.5 Å². The quantitative estimate of drug-likeness (QED) is 0.325. The van der Waals surface area contributed by atoms with Crippen LogP contribution in [-0.2, 0) is 0 Å². The van der Waals surface area contributed by atoms with E-state index in [1.807, 2.05) is 48.5 Å². The average molecular weight is 402 g/mol. The summed E-state index contributed by atoms with van der Waals surface area (Å²) in [6.07, 6.45) is 2.79. The lowest BCUT2D eigenvalue weighted by Crippen LogP contribution is -1.88. The highest BCUT2D eigenvalue weighted by Gasteiger charge is 2.02. The molecule has 0 saturated heterocycles. The predicted molar refractivity (Wildman–Crippen MR) is 115 cm³/mol. The van der Waals surface area contributed by atoms with E-state index in [0.717, 1.165) is 22.5 Å². The van der Waals surface area contributed by atoms with E-state index < -0.39 is 11.5 Å². The molecule has 2 heterocycles. The summed E-state index contributed by atoms with van der Waals surface area (Å²) in [6, 6.07) is 25.3. The molecule has 2 aromatic heterocycles. The largest absolute Gasteiger partial charge is 0.298 e. The molecule has 5 heteroatoms. The van der Waals surface area contributed by atoms with Crippen LogP contribution in [0, 0.1) is 0 Å². The van der Waals surface area contributed by atoms with Crippen LogP contribution in [0.25, 0.3) is 22.5 Å². The van der Waals surface area contributed by atoms with Crippen molar-refractivity contribution in [2.75, 3.05) is 0 Å². The van der Waals surface area contributed by atoms with Crippen molar-refractivity contribution < 1.29 is 11.0 Å². The summed E-state index contributed by atoms with van der Waals surface area (Å²) in [5, 5.41) is -0.442. The van der Waals surface area contributed by atoms with Crippen molar-refractivity contribution in [1.29, 1.82) is 0 Å². The molecule has 0 radical (unpaired) electrons. The number of aromatic nitrogens is 2.